The van der Waals surface area contributed by atoms with Crippen LogP contribution in [0.4, 0.5) is 0 Å². The van der Waals surface area contributed by atoms with Crippen molar-refractivity contribution in [2.75, 3.05) is 14.2 Å². The summed E-state index contributed by atoms with van der Waals surface area (Å²) >= 11 is 0. The van der Waals surface area contributed by atoms with Crippen LogP contribution < -0.4 is 9.47 Å². The quantitative estimate of drug-likeness (QED) is 0.215. The SMILES string of the molecule is COc1ccc(C(O[Si](C)(C)C)C2CC(C(O[Si](C)(C)C)c3ccc(OC)cc3)C(=O)OC2=O)cc1. The van der Waals surface area contributed by atoms with Crippen LogP contribution in [0.1, 0.15) is 29.8 Å². The van der Waals surface area contributed by atoms with Crippen LogP contribution in [0, 0.1) is 11.8 Å². The maximum absolute atomic E-state index is 13.1. The number of hydrogen-bond acceptors (Lipinski definition) is 7. The molecule has 9 heteroatoms. The van der Waals surface area contributed by atoms with Gasteiger partial charge in [0.05, 0.1) is 38.3 Å². The largest absolute Gasteiger partial charge is 0.497 e. The molecule has 0 aliphatic carbocycles. The van der Waals surface area contributed by atoms with Crippen molar-refractivity contribution in [3.8, 4) is 11.5 Å². The van der Waals surface area contributed by atoms with Gasteiger partial charge in [0.1, 0.15) is 11.5 Å². The highest BCUT2D eigenvalue weighted by Crippen LogP contribution is 2.43. The van der Waals surface area contributed by atoms with Crippen LogP contribution in [-0.4, -0.2) is 42.8 Å². The molecule has 4 atom stereocenters. The molecule has 1 aliphatic heterocycles. The maximum atomic E-state index is 13.1. The fraction of sp³-hybridized carbons (Fsp3) is 0.481. The molecule has 0 bridgehead atoms. The highest BCUT2D eigenvalue weighted by atomic mass is 28.4. The first-order valence-electron chi connectivity index (χ1n) is 12.2. The number of rotatable bonds is 10. The van der Waals surface area contributed by atoms with Crippen LogP contribution in [0.25, 0.3) is 0 Å². The van der Waals surface area contributed by atoms with Gasteiger partial charge in [0.15, 0.2) is 16.6 Å². The van der Waals surface area contributed by atoms with E-state index in [4.69, 9.17) is 23.1 Å². The molecule has 4 unspecified atom stereocenters. The number of cyclic esters (lactones) is 2. The van der Waals surface area contributed by atoms with Crippen molar-refractivity contribution < 1.29 is 32.7 Å². The highest BCUT2D eigenvalue weighted by Gasteiger charge is 2.47. The molecular weight excluding hydrogens is 492 g/mol. The zero-order chi connectivity index (χ0) is 26.7. The third-order valence-electron chi connectivity index (χ3n) is 5.90. The first kappa shape index (κ1) is 28.1. The Bertz CT molecular complexity index is 956. The minimum absolute atomic E-state index is 0.264. The van der Waals surface area contributed by atoms with Crippen molar-refractivity contribution in [1.29, 1.82) is 0 Å². The number of methoxy groups -OCH3 is 2. The van der Waals surface area contributed by atoms with E-state index in [9.17, 15) is 9.59 Å². The fourth-order valence-electron chi connectivity index (χ4n) is 4.32. The Kier molecular flexibility index (Phi) is 8.81. The fourth-order valence-corrected chi connectivity index (χ4v) is 6.45. The molecule has 0 spiro atoms. The van der Waals surface area contributed by atoms with Gasteiger partial charge in [0.25, 0.3) is 0 Å². The molecule has 36 heavy (non-hydrogen) atoms. The highest BCUT2D eigenvalue weighted by molar-refractivity contribution is 6.70. The zero-order valence-electron chi connectivity index (χ0n) is 22.5. The van der Waals surface area contributed by atoms with Gasteiger partial charge in [-0.2, -0.15) is 0 Å². The Hall–Kier alpha value is -2.47. The van der Waals surface area contributed by atoms with E-state index in [1.807, 2.05) is 48.5 Å². The summed E-state index contributed by atoms with van der Waals surface area (Å²) in [7, 11) is -0.942. The molecule has 196 valence electrons. The lowest BCUT2D eigenvalue weighted by Gasteiger charge is -2.39. The summed E-state index contributed by atoms with van der Waals surface area (Å²) in [4.78, 5) is 26.2. The number of benzene rings is 2. The Morgan fingerprint density at radius 2 is 1.00 bits per heavy atom. The zero-order valence-corrected chi connectivity index (χ0v) is 24.5. The molecule has 1 aliphatic rings. The normalized spacial score (nSPS) is 20.4. The van der Waals surface area contributed by atoms with Crippen molar-refractivity contribution in [3.63, 3.8) is 0 Å². The van der Waals surface area contributed by atoms with Gasteiger partial charge in [-0.05, 0) is 81.1 Å². The van der Waals surface area contributed by atoms with Crippen LogP contribution in [0.3, 0.4) is 0 Å². The summed E-state index contributed by atoms with van der Waals surface area (Å²) in [6.45, 7) is 12.5. The third-order valence-corrected chi connectivity index (χ3v) is 7.82. The van der Waals surface area contributed by atoms with Crippen molar-refractivity contribution in [2.45, 2.75) is 57.9 Å². The average molecular weight is 531 g/mol. The van der Waals surface area contributed by atoms with Crippen molar-refractivity contribution in [3.05, 3.63) is 59.7 Å². The third kappa shape index (κ3) is 7.28. The Labute approximate surface area is 216 Å². The predicted octanol–water partition coefficient (Wildman–Crippen LogP) is 5.90. The molecule has 0 N–H and O–H groups in total. The van der Waals surface area contributed by atoms with E-state index in [1.165, 1.54) is 0 Å². The van der Waals surface area contributed by atoms with Crippen LogP contribution in [0.2, 0.25) is 39.3 Å². The van der Waals surface area contributed by atoms with Gasteiger partial charge in [-0.1, -0.05) is 24.3 Å². The average Bonchev–Trinajstić information content (AvgIpc) is 2.81. The second-order valence-electron chi connectivity index (χ2n) is 11.0. The molecule has 7 nitrogen and oxygen atoms in total. The number of carbonyl (C=O) groups excluding carboxylic acids is 2. The summed E-state index contributed by atoms with van der Waals surface area (Å²) in [6, 6.07) is 15.0. The molecule has 0 radical (unpaired) electrons. The van der Waals surface area contributed by atoms with Gasteiger partial charge in [0, 0.05) is 0 Å². The summed E-state index contributed by atoms with van der Waals surface area (Å²) < 4.78 is 29.1. The van der Waals surface area contributed by atoms with E-state index in [0.717, 1.165) is 11.1 Å². The van der Waals surface area contributed by atoms with Gasteiger partial charge in [0.2, 0.25) is 0 Å². The van der Waals surface area contributed by atoms with Gasteiger partial charge >= 0.3 is 11.9 Å². The lowest BCUT2D eigenvalue weighted by molar-refractivity contribution is -0.178. The molecule has 0 amide bonds. The summed E-state index contributed by atoms with van der Waals surface area (Å²) in [5.74, 6) is -0.994. The lowest BCUT2D eigenvalue weighted by Crippen LogP contribution is -2.44. The van der Waals surface area contributed by atoms with Crippen molar-refractivity contribution >= 4 is 28.6 Å². The van der Waals surface area contributed by atoms with Crippen molar-refractivity contribution in [2.24, 2.45) is 11.8 Å². The first-order valence-corrected chi connectivity index (χ1v) is 19.0. The van der Waals surface area contributed by atoms with E-state index < -0.39 is 52.6 Å². The van der Waals surface area contributed by atoms with E-state index in [1.54, 1.807) is 14.2 Å². The van der Waals surface area contributed by atoms with Gasteiger partial charge in [-0.15, -0.1) is 0 Å². The van der Waals surface area contributed by atoms with E-state index in [-0.39, 0.29) is 6.42 Å². The van der Waals surface area contributed by atoms with Gasteiger partial charge in [-0.3, -0.25) is 9.59 Å². The topological polar surface area (TPSA) is 80.3 Å². The first-order chi connectivity index (χ1) is 16.8. The van der Waals surface area contributed by atoms with Crippen LogP contribution in [0.15, 0.2) is 48.5 Å². The van der Waals surface area contributed by atoms with Crippen LogP contribution in [0.5, 0.6) is 11.5 Å². The molecule has 2 aromatic carbocycles. The smallest absolute Gasteiger partial charge is 0.319 e. The summed E-state index contributed by atoms with van der Waals surface area (Å²) in [5.41, 5.74) is 1.70. The van der Waals surface area contributed by atoms with E-state index in [2.05, 4.69) is 39.3 Å². The van der Waals surface area contributed by atoms with Gasteiger partial charge < -0.3 is 23.1 Å². The molecule has 3 rings (SSSR count). The predicted molar refractivity (Wildman–Crippen MR) is 143 cm³/mol. The summed E-state index contributed by atoms with van der Waals surface area (Å²) in [6.07, 6.45) is -0.830. The molecule has 1 fully saturated rings. The summed E-state index contributed by atoms with van der Waals surface area (Å²) in [5, 5.41) is 0. The van der Waals surface area contributed by atoms with Crippen LogP contribution in [-0.2, 0) is 23.2 Å². The standard InChI is InChI=1S/C27H38O7Si2/c1-30-20-13-9-18(10-14-20)24(33-35(3,4)5)22-17-23(27(29)32-26(22)28)25(34-36(6,7)8)19-11-15-21(31-2)16-12-19/h9-16,22-25H,17H2,1-8H3. The molecular formula is C27H38O7Si2. The second-order valence-corrected chi connectivity index (χ2v) is 20.0. The number of ether oxygens (including phenoxy) is 3. The minimum Gasteiger partial charge on any atom is -0.497 e. The monoisotopic (exact) mass is 530 g/mol. The minimum atomic E-state index is -2.08. The Morgan fingerprint density at radius 1 is 0.667 bits per heavy atom. The maximum Gasteiger partial charge on any atom is 0.319 e. The number of hydrogen-bond donors (Lipinski definition) is 0. The Balaban J connectivity index is 2.00. The molecule has 0 saturated carbocycles. The second kappa shape index (κ2) is 11.3. The van der Waals surface area contributed by atoms with E-state index in [0.29, 0.717) is 11.5 Å². The van der Waals surface area contributed by atoms with Crippen molar-refractivity contribution in [1.82, 2.24) is 0 Å². The number of esters is 2. The molecule has 1 heterocycles. The number of carbonyl (C=O) groups is 2. The van der Waals surface area contributed by atoms with Crippen LogP contribution >= 0.6 is 0 Å². The van der Waals surface area contributed by atoms with E-state index >= 15 is 0 Å². The molecule has 2 aromatic rings. The molecule has 1 saturated heterocycles. The lowest BCUT2D eigenvalue weighted by atomic mass is 9.81. The molecule has 0 aromatic heterocycles. The Morgan fingerprint density at radius 3 is 1.28 bits per heavy atom. The van der Waals surface area contributed by atoms with Gasteiger partial charge in [-0.25, -0.2) is 0 Å².